The fourth-order valence-electron chi connectivity index (χ4n) is 2.05. The van der Waals surface area contributed by atoms with E-state index in [1.165, 1.54) is 0 Å². The molecule has 0 aliphatic rings. The van der Waals surface area contributed by atoms with Crippen LogP contribution in [0.3, 0.4) is 0 Å². The second-order valence-electron chi connectivity index (χ2n) is 4.46. The molecule has 0 spiro atoms. The molecule has 0 heterocycles. The SMILES string of the molecule is N#Cc1cccc(CC(C(=O)O)c2ccc(Cl)cc2)c1. The molecule has 0 fully saturated rings. The van der Waals surface area contributed by atoms with E-state index in [1.54, 1.807) is 42.5 Å². The van der Waals surface area contributed by atoms with Gasteiger partial charge in [-0.1, -0.05) is 35.9 Å². The highest BCUT2D eigenvalue weighted by Gasteiger charge is 2.20. The lowest BCUT2D eigenvalue weighted by atomic mass is 9.91. The number of benzene rings is 2. The molecule has 100 valence electrons. The maximum Gasteiger partial charge on any atom is 0.311 e. The molecular formula is C16H12ClNO2. The summed E-state index contributed by atoms with van der Waals surface area (Å²) in [6.07, 6.45) is 0.340. The summed E-state index contributed by atoms with van der Waals surface area (Å²) in [4.78, 5) is 11.4. The van der Waals surface area contributed by atoms with Crippen LogP contribution in [0.25, 0.3) is 0 Å². The van der Waals surface area contributed by atoms with Crippen molar-refractivity contribution in [1.29, 1.82) is 5.26 Å². The molecule has 0 aliphatic heterocycles. The molecule has 1 N–H and O–H groups in total. The summed E-state index contributed by atoms with van der Waals surface area (Å²) in [6, 6.07) is 15.8. The highest BCUT2D eigenvalue weighted by atomic mass is 35.5. The van der Waals surface area contributed by atoms with Crippen LogP contribution < -0.4 is 0 Å². The maximum atomic E-state index is 11.4. The Kier molecular flexibility index (Phi) is 4.39. The van der Waals surface area contributed by atoms with E-state index < -0.39 is 11.9 Å². The van der Waals surface area contributed by atoms with Crippen molar-refractivity contribution in [1.82, 2.24) is 0 Å². The first-order valence-corrected chi connectivity index (χ1v) is 6.45. The van der Waals surface area contributed by atoms with E-state index in [1.807, 2.05) is 6.07 Å². The molecule has 0 amide bonds. The third-order valence-electron chi connectivity index (χ3n) is 3.07. The summed E-state index contributed by atoms with van der Waals surface area (Å²) >= 11 is 5.81. The lowest BCUT2D eigenvalue weighted by molar-refractivity contribution is -0.138. The predicted molar refractivity (Wildman–Crippen MR) is 76.7 cm³/mol. The molecule has 2 aromatic carbocycles. The van der Waals surface area contributed by atoms with Gasteiger partial charge in [0.15, 0.2) is 0 Å². The van der Waals surface area contributed by atoms with Gasteiger partial charge in [-0.2, -0.15) is 5.26 Å². The Balaban J connectivity index is 2.28. The molecule has 0 saturated heterocycles. The molecule has 0 bridgehead atoms. The monoisotopic (exact) mass is 285 g/mol. The minimum absolute atomic E-state index is 0.340. The Hall–Kier alpha value is -2.31. The summed E-state index contributed by atoms with van der Waals surface area (Å²) < 4.78 is 0. The van der Waals surface area contributed by atoms with Crippen molar-refractivity contribution in [3.63, 3.8) is 0 Å². The highest BCUT2D eigenvalue weighted by molar-refractivity contribution is 6.30. The summed E-state index contributed by atoms with van der Waals surface area (Å²) in [5, 5.41) is 18.8. The number of carboxylic acids is 1. The first kappa shape index (κ1) is 14.1. The highest BCUT2D eigenvalue weighted by Crippen LogP contribution is 2.23. The lowest BCUT2D eigenvalue weighted by Gasteiger charge is -2.13. The largest absolute Gasteiger partial charge is 0.481 e. The predicted octanol–water partition coefficient (Wildman–Crippen LogP) is 3.62. The van der Waals surface area contributed by atoms with Gasteiger partial charge in [-0.05, 0) is 41.8 Å². The molecule has 1 unspecified atom stereocenters. The molecule has 2 rings (SSSR count). The Labute approximate surface area is 122 Å². The molecule has 0 aromatic heterocycles. The van der Waals surface area contributed by atoms with Gasteiger partial charge >= 0.3 is 5.97 Å². The van der Waals surface area contributed by atoms with E-state index in [-0.39, 0.29) is 0 Å². The fraction of sp³-hybridized carbons (Fsp3) is 0.125. The van der Waals surface area contributed by atoms with Crippen LogP contribution in [0.5, 0.6) is 0 Å². The van der Waals surface area contributed by atoms with Crippen LogP contribution in [0, 0.1) is 11.3 Å². The van der Waals surface area contributed by atoms with Crippen molar-refractivity contribution in [2.45, 2.75) is 12.3 Å². The molecule has 20 heavy (non-hydrogen) atoms. The van der Waals surface area contributed by atoms with Gasteiger partial charge in [-0.25, -0.2) is 0 Å². The van der Waals surface area contributed by atoms with E-state index in [9.17, 15) is 9.90 Å². The summed E-state index contributed by atoms with van der Waals surface area (Å²) in [5.74, 6) is -1.55. The smallest absolute Gasteiger partial charge is 0.311 e. The zero-order chi connectivity index (χ0) is 14.5. The molecule has 0 saturated carbocycles. The number of rotatable bonds is 4. The van der Waals surface area contributed by atoms with Crippen LogP contribution in [0.15, 0.2) is 48.5 Å². The molecule has 1 atom stereocenters. The maximum absolute atomic E-state index is 11.4. The van der Waals surface area contributed by atoms with Gasteiger partial charge in [0.1, 0.15) is 0 Å². The summed E-state index contributed by atoms with van der Waals surface area (Å²) in [5.41, 5.74) is 2.05. The van der Waals surface area contributed by atoms with E-state index >= 15 is 0 Å². The normalized spacial score (nSPS) is 11.6. The third-order valence-corrected chi connectivity index (χ3v) is 3.32. The molecule has 4 heteroatoms. The number of hydrogen-bond acceptors (Lipinski definition) is 2. The lowest BCUT2D eigenvalue weighted by Crippen LogP contribution is -2.14. The zero-order valence-electron chi connectivity index (χ0n) is 10.6. The van der Waals surface area contributed by atoms with Gasteiger partial charge in [0.05, 0.1) is 17.6 Å². The Bertz CT molecular complexity index is 659. The summed E-state index contributed by atoms with van der Waals surface area (Å²) in [7, 11) is 0. The number of nitriles is 1. The minimum atomic E-state index is -0.894. The van der Waals surface area contributed by atoms with Crippen LogP contribution in [0.2, 0.25) is 5.02 Å². The fourth-order valence-corrected chi connectivity index (χ4v) is 2.17. The van der Waals surface area contributed by atoms with Gasteiger partial charge in [0, 0.05) is 5.02 Å². The Morgan fingerprint density at radius 3 is 2.55 bits per heavy atom. The van der Waals surface area contributed by atoms with Gasteiger partial charge in [0.2, 0.25) is 0 Å². The van der Waals surface area contributed by atoms with Crippen molar-refractivity contribution in [2.75, 3.05) is 0 Å². The zero-order valence-corrected chi connectivity index (χ0v) is 11.3. The Morgan fingerprint density at radius 2 is 1.95 bits per heavy atom. The molecule has 2 aromatic rings. The van der Waals surface area contributed by atoms with Crippen molar-refractivity contribution in [3.8, 4) is 6.07 Å². The average molecular weight is 286 g/mol. The summed E-state index contributed by atoms with van der Waals surface area (Å²) in [6.45, 7) is 0. The quantitative estimate of drug-likeness (QED) is 0.933. The topological polar surface area (TPSA) is 61.1 Å². The van der Waals surface area contributed by atoms with Crippen LogP contribution in [-0.2, 0) is 11.2 Å². The minimum Gasteiger partial charge on any atom is -0.481 e. The van der Waals surface area contributed by atoms with Gasteiger partial charge in [-0.15, -0.1) is 0 Å². The van der Waals surface area contributed by atoms with Crippen molar-refractivity contribution >= 4 is 17.6 Å². The molecular weight excluding hydrogens is 274 g/mol. The van der Waals surface area contributed by atoms with E-state index in [0.717, 1.165) is 5.56 Å². The van der Waals surface area contributed by atoms with E-state index in [4.69, 9.17) is 16.9 Å². The number of carboxylic acid groups (broad SMARTS) is 1. The van der Waals surface area contributed by atoms with Crippen LogP contribution >= 0.6 is 11.6 Å². The van der Waals surface area contributed by atoms with Crippen LogP contribution in [-0.4, -0.2) is 11.1 Å². The van der Waals surface area contributed by atoms with Gasteiger partial charge in [-0.3, -0.25) is 4.79 Å². The number of carbonyl (C=O) groups is 1. The number of hydrogen-bond donors (Lipinski definition) is 1. The van der Waals surface area contributed by atoms with Crippen molar-refractivity contribution in [2.24, 2.45) is 0 Å². The standard InChI is InChI=1S/C16H12ClNO2/c17-14-6-4-13(5-7-14)15(16(19)20)9-11-2-1-3-12(8-11)10-18/h1-8,15H,9H2,(H,19,20). The molecule has 3 nitrogen and oxygen atoms in total. The second-order valence-corrected chi connectivity index (χ2v) is 4.90. The third kappa shape index (κ3) is 3.37. The average Bonchev–Trinajstić information content (AvgIpc) is 2.46. The van der Waals surface area contributed by atoms with Crippen molar-refractivity contribution in [3.05, 3.63) is 70.2 Å². The van der Waals surface area contributed by atoms with Crippen LogP contribution in [0.4, 0.5) is 0 Å². The second kappa shape index (κ2) is 6.23. The molecule has 0 radical (unpaired) electrons. The number of nitrogens with zero attached hydrogens (tertiary/aromatic N) is 1. The van der Waals surface area contributed by atoms with E-state index in [0.29, 0.717) is 22.6 Å². The van der Waals surface area contributed by atoms with Crippen LogP contribution in [0.1, 0.15) is 22.6 Å². The molecule has 0 aliphatic carbocycles. The first-order chi connectivity index (χ1) is 9.60. The first-order valence-electron chi connectivity index (χ1n) is 6.07. The Morgan fingerprint density at radius 1 is 1.25 bits per heavy atom. The number of aliphatic carboxylic acids is 1. The van der Waals surface area contributed by atoms with Gasteiger partial charge < -0.3 is 5.11 Å². The van der Waals surface area contributed by atoms with Crippen molar-refractivity contribution < 1.29 is 9.90 Å². The van der Waals surface area contributed by atoms with E-state index in [2.05, 4.69) is 6.07 Å². The van der Waals surface area contributed by atoms with Gasteiger partial charge in [0.25, 0.3) is 0 Å². The number of halogens is 1.